The van der Waals surface area contributed by atoms with Crippen LogP contribution in [-0.2, 0) is 19.4 Å². The minimum Gasteiger partial charge on any atom is -0.464 e. The first kappa shape index (κ1) is 20.6. The van der Waals surface area contributed by atoms with Crippen molar-refractivity contribution in [2.45, 2.75) is 25.0 Å². The van der Waals surface area contributed by atoms with Gasteiger partial charge in [-0.05, 0) is 26.0 Å². The van der Waals surface area contributed by atoms with Gasteiger partial charge in [0, 0.05) is 23.4 Å². The van der Waals surface area contributed by atoms with Gasteiger partial charge in [0.2, 0.25) is 15.0 Å². The second-order valence-corrected chi connectivity index (χ2v) is 8.25. The van der Waals surface area contributed by atoms with Crippen LogP contribution in [0.2, 0.25) is 0 Å². The molecular formula is C19H18FN3O5S. The van der Waals surface area contributed by atoms with Crippen LogP contribution < -0.4 is 5.56 Å². The average molecular weight is 419 g/mol. The van der Waals surface area contributed by atoms with Crippen LogP contribution in [0.4, 0.5) is 4.39 Å². The summed E-state index contributed by atoms with van der Waals surface area (Å²) in [6.07, 6.45) is 2.15. The van der Waals surface area contributed by atoms with E-state index in [9.17, 15) is 22.4 Å². The highest BCUT2D eigenvalue weighted by Gasteiger charge is 2.25. The Morgan fingerprint density at radius 1 is 1.28 bits per heavy atom. The molecule has 1 aromatic carbocycles. The second-order valence-electron chi connectivity index (χ2n) is 6.34. The van der Waals surface area contributed by atoms with Gasteiger partial charge in [-0.1, -0.05) is 18.2 Å². The lowest BCUT2D eigenvalue weighted by Gasteiger charge is -2.18. The van der Waals surface area contributed by atoms with Crippen molar-refractivity contribution >= 4 is 26.8 Å². The monoisotopic (exact) mass is 419 g/mol. The quantitative estimate of drug-likeness (QED) is 0.460. The summed E-state index contributed by atoms with van der Waals surface area (Å²) >= 11 is 0. The maximum Gasteiger partial charge on any atom is 0.329 e. The number of esters is 1. The molecule has 0 aliphatic heterocycles. The third-order valence-electron chi connectivity index (χ3n) is 4.26. The Hall–Kier alpha value is -3.14. The molecule has 1 unspecified atom stereocenters. The normalized spacial score (nSPS) is 12.7. The molecule has 152 valence electrons. The zero-order valence-electron chi connectivity index (χ0n) is 15.9. The smallest absolute Gasteiger partial charge is 0.329 e. The van der Waals surface area contributed by atoms with Gasteiger partial charge < -0.3 is 4.74 Å². The molecular weight excluding hydrogens is 401 g/mol. The van der Waals surface area contributed by atoms with Crippen molar-refractivity contribution < 1.29 is 22.3 Å². The van der Waals surface area contributed by atoms with Crippen molar-refractivity contribution in [2.75, 3.05) is 12.9 Å². The summed E-state index contributed by atoms with van der Waals surface area (Å²) in [6.45, 7) is 3.13. The third kappa shape index (κ3) is 3.88. The van der Waals surface area contributed by atoms with Crippen molar-refractivity contribution in [3.63, 3.8) is 0 Å². The summed E-state index contributed by atoms with van der Waals surface area (Å²) in [6, 6.07) is 5.95. The number of aromatic nitrogens is 3. The number of nitrogens with zero attached hydrogens (tertiary/aromatic N) is 3. The maximum absolute atomic E-state index is 14.3. The maximum atomic E-state index is 14.3. The minimum atomic E-state index is -3.76. The number of fused-ring (bicyclic) bond motifs is 1. The molecule has 0 fully saturated rings. The van der Waals surface area contributed by atoms with E-state index < -0.39 is 38.4 Å². The Kier molecular flexibility index (Phi) is 5.47. The Morgan fingerprint density at radius 2 is 1.97 bits per heavy atom. The van der Waals surface area contributed by atoms with Crippen molar-refractivity contribution in [3.05, 3.63) is 52.7 Å². The topological polar surface area (TPSA) is 108 Å². The van der Waals surface area contributed by atoms with Crippen molar-refractivity contribution in [3.8, 4) is 11.1 Å². The molecule has 0 radical (unpaired) electrons. The SMILES string of the molecule is CCOC(=O)C(C)n1c(=O)c(-c2ccccc2F)cc2cnc(S(C)(=O)=O)nc21. The molecule has 2 heterocycles. The molecule has 1 atom stereocenters. The number of halogens is 1. The first-order chi connectivity index (χ1) is 13.6. The Bertz CT molecular complexity index is 1270. The molecule has 29 heavy (non-hydrogen) atoms. The summed E-state index contributed by atoms with van der Waals surface area (Å²) in [7, 11) is -3.76. The zero-order valence-corrected chi connectivity index (χ0v) is 16.7. The van der Waals surface area contributed by atoms with Crippen molar-refractivity contribution in [2.24, 2.45) is 0 Å². The number of ether oxygens (including phenoxy) is 1. The van der Waals surface area contributed by atoms with Crippen molar-refractivity contribution in [1.82, 2.24) is 14.5 Å². The van der Waals surface area contributed by atoms with E-state index in [-0.39, 0.29) is 28.8 Å². The molecule has 10 heteroatoms. The van der Waals surface area contributed by atoms with Crippen LogP contribution in [0.1, 0.15) is 19.9 Å². The predicted molar refractivity (Wildman–Crippen MR) is 104 cm³/mol. The first-order valence-electron chi connectivity index (χ1n) is 8.69. The van der Waals surface area contributed by atoms with Crippen molar-refractivity contribution in [1.29, 1.82) is 0 Å². The Balaban J connectivity index is 2.41. The molecule has 3 aromatic rings. The summed E-state index contributed by atoms with van der Waals surface area (Å²) in [5, 5.41) is -0.223. The van der Waals surface area contributed by atoms with E-state index in [0.717, 1.165) is 10.8 Å². The minimum absolute atomic E-state index is 0.0116. The standard InChI is InChI=1S/C19H18FN3O5S/c1-4-28-18(25)11(2)23-16-12(10-21-19(22-16)29(3,26)27)9-14(17(23)24)13-7-5-6-8-15(13)20/h5-11H,4H2,1-3H3. The molecule has 0 amide bonds. The first-order valence-corrected chi connectivity index (χ1v) is 10.6. The van der Waals surface area contributed by atoms with Gasteiger partial charge in [0.1, 0.15) is 17.5 Å². The molecule has 0 N–H and O–H groups in total. The fraction of sp³-hybridized carbons (Fsp3) is 0.263. The fourth-order valence-corrected chi connectivity index (χ4v) is 3.38. The Morgan fingerprint density at radius 3 is 2.59 bits per heavy atom. The fourth-order valence-electron chi connectivity index (χ4n) is 2.88. The van der Waals surface area contributed by atoms with E-state index in [1.54, 1.807) is 13.0 Å². The predicted octanol–water partition coefficient (Wildman–Crippen LogP) is 2.13. The van der Waals surface area contributed by atoms with E-state index >= 15 is 0 Å². The Labute approximate surface area is 165 Å². The molecule has 0 aliphatic carbocycles. The summed E-state index contributed by atoms with van der Waals surface area (Å²) in [5.74, 6) is -1.32. The number of pyridine rings is 1. The molecule has 0 bridgehead atoms. The van der Waals surface area contributed by atoms with Crippen LogP contribution in [0.5, 0.6) is 0 Å². The molecule has 3 rings (SSSR count). The van der Waals surface area contributed by atoms with E-state index in [4.69, 9.17) is 4.74 Å². The number of rotatable bonds is 5. The molecule has 0 saturated heterocycles. The van der Waals surface area contributed by atoms with E-state index in [0.29, 0.717) is 0 Å². The largest absolute Gasteiger partial charge is 0.464 e. The van der Waals surface area contributed by atoms with Gasteiger partial charge in [-0.25, -0.2) is 22.6 Å². The lowest BCUT2D eigenvalue weighted by molar-refractivity contribution is -0.146. The number of hydrogen-bond acceptors (Lipinski definition) is 7. The van der Waals surface area contributed by atoms with E-state index in [1.165, 1.54) is 37.4 Å². The molecule has 0 spiro atoms. The van der Waals surface area contributed by atoms with Gasteiger partial charge in [0.05, 0.1) is 12.2 Å². The lowest BCUT2D eigenvalue weighted by atomic mass is 10.0. The number of carbonyl (C=O) groups is 1. The molecule has 8 nitrogen and oxygen atoms in total. The van der Waals surface area contributed by atoms with Gasteiger partial charge in [-0.2, -0.15) is 4.98 Å². The highest BCUT2D eigenvalue weighted by molar-refractivity contribution is 7.90. The van der Waals surface area contributed by atoms with Crippen LogP contribution in [0.15, 0.2) is 46.5 Å². The number of carbonyl (C=O) groups excluding carboxylic acids is 1. The van der Waals surface area contributed by atoms with Gasteiger partial charge in [-0.3, -0.25) is 9.36 Å². The van der Waals surface area contributed by atoms with Crippen LogP contribution in [0.25, 0.3) is 22.2 Å². The molecule has 2 aromatic heterocycles. The summed E-state index contributed by atoms with van der Waals surface area (Å²) in [5.41, 5.74) is -0.744. The number of benzene rings is 1. The molecule has 0 saturated carbocycles. The lowest BCUT2D eigenvalue weighted by Crippen LogP contribution is -2.31. The van der Waals surface area contributed by atoms with E-state index in [2.05, 4.69) is 9.97 Å². The highest BCUT2D eigenvalue weighted by atomic mass is 32.2. The van der Waals surface area contributed by atoms with E-state index in [1.807, 2.05) is 0 Å². The third-order valence-corrected chi connectivity index (χ3v) is 5.12. The van der Waals surface area contributed by atoms with Crippen LogP contribution >= 0.6 is 0 Å². The highest BCUT2D eigenvalue weighted by Crippen LogP contribution is 2.25. The van der Waals surface area contributed by atoms with Crippen LogP contribution in [0.3, 0.4) is 0 Å². The average Bonchev–Trinajstić information content (AvgIpc) is 2.66. The van der Waals surface area contributed by atoms with Crippen LogP contribution in [-0.4, -0.2) is 41.8 Å². The summed E-state index contributed by atoms with van der Waals surface area (Å²) < 4.78 is 44.1. The summed E-state index contributed by atoms with van der Waals surface area (Å²) in [4.78, 5) is 33.4. The zero-order chi connectivity index (χ0) is 21.3. The van der Waals surface area contributed by atoms with Gasteiger partial charge in [0.15, 0.2) is 0 Å². The number of sulfone groups is 1. The molecule has 0 aliphatic rings. The second kappa shape index (κ2) is 7.70. The number of hydrogen-bond donors (Lipinski definition) is 0. The van der Waals surface area contributed by atoms with Gasteiger partial charge in [0.25, 0.3) is 5.56 Å². The van der Waals surface area contributed by atoms with Gasteiger partial charge >= 0.3 is 5.97 Å². The van der Waals surface area contributed by atoms with Crippen LogP contribution in [0, 0.1) is 5.82 Å². The van der Waals surface area contributed by atoms with Gasteiger partial charge in [-0.15, -0.1) is 0 Å².